The molecule has 0 saturated carbocycles. The Kier molecular flexibility index (Phi) is 7.92. The molecule has 8 nitrogen and oxygen atoms in total. The van der Waals surface area contributed by atoms with E-state index in [9.17, 15) is 9.59 Å². The van der Waals surface area contributed by atoms with Crippen LogP contribution >= 0.6 is 0 Å². The van der Waals surface area contributed by atoms with E-state index in [2.05, 4.69) is 22.7 Å². The number of hydrogen-bond acceptors (Lipinski definition) is 5. The standard InChI is InChI=1S/C25H35N5O3/c1-6-21(26-13-10-14-27-23(31)33-25(3,4)5)22-16-20-15-18(2)28-30(20)24(32)29(22)17-19-11-8-7-9-12-19/h7-9,11-12,15-16,21,26H,6,10,13-14,17H2,1-5H3,(H,27,31). The number of alkyl carbamates (subject to hydrolysis) is 1. The molecule has 2 N–H and O–H groups in total. The number of aryl methyl sites for hydroxylation is 1. The van der Waals surface area contributed by atoms with E-state index in [4.69, 9.17) is 4.74 Å². The third-order valence-corrected chi connectivity index (χ3v) is 5.24. The Hall–Kier alpha value is -3.13. The molecule has 0 bridgehead atoms. The van der Waals surface area contributed by atoms with Gasteiger partial charge in [0.1, 0.15) is 5.60 Å². The number of carbonyl (C=O) groups excluding carboxylic acids is 1. The topological polar surface area (TPSA) is 89.7 Å². The van der Waals surface area contributed by atoms with E-state index >= 15 is 0 Å². The predicted octanol–water partition coefficient (Wildman–Crippen LogP) is 3.81. The van der Waals surface area contributed by atoms with Gasteiger partial charge in [-0.05, 0) is 64.8 Å². The third-order valence-electron chi connectivity index (χ3n) is 5.24. The van der Waals surface area contributed by atoms with Crippen molar-refractivity contribution in [2.75, 3.05) is 13.1 Å². The number of aromatic nitrogens is 3. The summed E-state index contributed by atoms with van der Waals surface area (Å²) < 4.78 is 8.54. The number of hydrogen-bond donors (Lipinski definition) is 2. The predicted molar refractivity (Wildman–Crippen MR) is 130 cm³/mol. The molecule has 0 fully saturated rings. The van der Waals surface area contributed by atoms with Gasteiger partial charge >= 0.3 is 11.8 Å². The molecule has 0 aliphatic heterocycles. The third kappa shape index (κ3) is 6.68. The number of ether oxygens (including phenoxy) is 1. The van der Waals surface area contributed by atoms with E-state index in [1.165, 1.54) is 4.52 Å². The molecule has 8 heteroatoms. The Balaban J connectivity index is 1.75. The minimum absolute atomic E-state index is 0.0110. The van der Waals surface area contributed by atoms with Crippen molar-refractivity contribution in [2.24, 2.45) is 0 Å². The Morgan fingerprint density at radius 1 is 1.15 bits per heavy atom. The summed E-state index contributed by atoms with van der Waals surface area (Å²) in [7, 11) is 0. The number of rotatable bonds is 9. The van der Waals surface area contributed by atoms with Crippen LogP contribution in [0, 0.1) is 6.92 Å². The molecule has 1 amide bonds. The molecule has 1 aromatic carbocycles. The fourth-order valence-corrected chi connectivity index (χ4v) is 3.77. The molecule has 2 heterocycles. The molecule has 0 aliphatic rings. The second-order valence-corrected chi connectivity index (χ2v) is 9.24. The van der Waals surface area contributed by atoms with Crippen LogP contribution in [0.3, 0.4) is 0 Å². The SMILES string of the molecule is CCC(NCCCNC(=O)OC(C)(C)C)c1cc2cc(C)nn2c(=O)n1Cc1ccccc1. The highest BCUT2D eigenvalue weighted by atomic mass is 16.6. The normalized spacial score (nSPS) is 12.6. The smallest absolute Gasteiger partial charge is 0.407 e. The average Bonchev–Trinajstić information content (AvgIpc) is 3.13. The van der Waals surface area contributed by atoms with Crippen LogP contribution in [0.5, 0.6) is 0 Å². The van der Waals surface area contributed by atoms with E-state index < -0.39 is 11.7 Å². The van der Waals surface area contributed by atoms with Crippen molar-refractivity contribution >= 4 is 11.6 Å². The van der Waals surface area contributed by atoms with E-state index in [0.717, 1.165) is 35.3 Å². The summed E-state index contributed by atoms with van der Waals surface area (Å²) in [6.45, 7) is 11.2. The van der Waals surface area contributed by atoms with Crippen molar-refractivity contribution in [3.05, 3.63) is 69.9 Å². The van der Waals surface area contributed by atoms with Gasteiger partial charge in [0.25, 0.3) is 0 Å². The zero-order chi connectivity index (χ0) is 24.0. The van der Waals surface area contributed by atoms with E-state index in [1.54, 1.807) is 4.57 Å². The summed E-state index contributed by atoms with van der Waals surface area (Å²) in [5.41, 5.74) is 2.93. The zero-order valence-electron chi connectivity index (χ0n) is 20.2. The molecular weight excluding hydrogens is 418 g/mol. The van der Waals surface area contributed by atoms with Crippen molar-refractivity contribution in [3.63, 3.8) is 0 Å². The first-order valence-electron chi connectivity index (χ1n) is 11.5. The summed E-state index contributed by atoms with van der Waals surface area (Å²) >= 11 is 0. The lowest BCUT2D eigenvalue weighted by Crippen LogP contribution is -2.36. The van der Waals surface area contributed by atoms with Gasteiger partial charge in [-0.15, -0.1) is 0 Å². The van der Waals surface area contributed by atoms with Crippen molar-refractivity contribution in [2.45, 2.75) is 65.6 Å². The monoisotopic (exact) mass is 453 g/mol. The van der Waals surface area contributed by atoms with Crippen LogP contribution in [-0.4, -0.2) is 39.0 Å². The number of nitrogens with one attached hydrogen (secondary N) is 2. The van der Waals surface area contributed by atoms with Crippen LogP contribution < -0.4 is 16.3 Å². The van der Waals surface area contributed by atoms with E-state index in [1.807, 2.05) is 70.2 Å². The van der Waals surface area contributed by atoms with Crippen LogP contribution in [-0.2, 0) is 11.3 Å². The highest BCUT2D eigenvalue weighted by molar-refractivity contribution is 5.67. The van der Waals surface area contributed by atoms with Crippen LogP contribution in [0.25, 0.3) is 5.52 Å². The summed E-state index contributed by atoms with van der Waals surface area (Å²) in [5.74, 6) is 0. The maximum Gasteiger partial charge on any atom is 0.407 e. The second-order valence-electron chi connectivity index (χ2n) is 9.24. The highest BCUT2D eigenvalue weighted by Crippen LogP contribution is 2.19. The van der Waals surface area contributed by atoms with Crippen LogP contribution in [0.15, 0.2) is 47.3 Å². The molecule has 0 aliphatic carbocycles. The molecule has 0 spiro atoms. The van der Waals surface area contributed by atoms with Gasteiger partial charge in [-0.25, -0.2) is 9.59 Å². The van der Waals surface area contributed by atoms with Crippen molar-refractivity contribution in [1.82, 2.24) is 24.8 Å². The maximum absolute atomic E-state index is 13.3. The first-order chi connectivity index (χ1) is 15.7. The number of benzene rings is 1. The summed E-state index contributed by atoms with van der Waals surface area (Å²) in [4.78, 5) is 25.1. The van der Waals surface area contributed by atoms with Gasteiger partial charge in [-0.3, -0.25) is 4.57 Å². The quantitative estimate of drug-likeness (QED) is 0.481. The fourth-order valence-electron chi connectivity index (χ4n) is 3.77. The number of amides is 1. The van der Waals surface area contributed by atoms with Gasteiger partial charge in [0, 0.05) is 18.3 Å². The molecule has 178 valence electrons. The summed E-state index contributed by atoms with van der Waals surface area (Å²) in [6.07, 6.45) is 1.15. The van der Waals surface area contributed by atoms with E-state index in [-0.39, 0.29) is 11.7 Å². The minimum Gasteiger partial charge on any atom is -0.444 e. The Labute approximate surface area is 195 Å². The Morgan fingerprint density at radius 3 is 2.55 bits per heavy atom. The fraction of sp³-hybridized carbons (Fsp3) is 0.480. The zero-order valence-corrected chi connectivity index (χ0v) is 20.2. The van der Waals surface area contributed by atoms with Gasteiger partial charge in [0.15, 0.2) is 0 Å². The van der Waals surface area contributed by atoms with Gasteiger partial charge in [-0.2, -0.15) is 9.61 Å². The molecule has 0 radical (unpaired) electrons. The number of nitrogens with zero attached hydrogens (tertiary/aromatic N) is 3. The molecule has 3 aromatic rings. The van der Waals surface area contributed by atoms with Crippen LogP contribution in [0.1, 0.15) is 63.5 Å². The summed E-state index contributed by atoms with van der Waals surface area (Å²) in [5, 5.41) is 10.7. The van der Waals surface area contributed by atoms with Gasteiger partial charge < -0.3 is 15.4 Å². The van der Waals surface area contributed by atoms with Crippen molar-refractivity contribution in [1.29, 1.82) is 0 Å². The van der Waals surface area contributed by atoms with Gasteiger partial charge in [-0.1, -0.05) is 37.3 Å². The molecular formula is C25H35N5O3. The van der Waals surface area contributed by atoms with Gasteiger partial charge in [0.05, 0.1) is 17.8 Å². The summed E-state index contributed by atoms with van der Waals surface area (Å²) in [6, 6.07) is 13.9. The van der Waals surface area contributed by atoms with Crippen molar-refractivity contribution in [3.8, 4) is 0 Å². The highest BCUT2D eigenvalue weighted by Gasteiger charge is 2.19. The Bertz CT molecular complexity index is 1130. The molecule has 0 saturated heterocycles. The average molecular weight is 454 g/mol. The van der Waals surface area contributed by atoms with Gasteiger partial charge in [0.2, 0.25) is 0 Å². The minimum atomic E-state index is -0.511. The largest absolute Gasteiger partial charge is 0.444 e. The molecule has 33 heavy (non-hydrogen) atoms. The lowest BCUT2D eigenvalue weighted by molar-refractivity contribution is 0.0527. The molecule has 1 atom stereocenters. The first-order valence-corrected chi connectivity index (χ1v) is 11.5. The maximum atomic E-state index is 13.3. The van der Waals surface area contributed by atoms with Crippen LogP contribution in [0.4, 0.5) is 4.79 Å². The lowest BCUT2D eigenvalue weighted by Gasteiger charge is -2.23. The second kappa shape index (κ2) is 10.7. The van der Waals surface area contributed by atoms with Crippen molar-refractivity contribution < 1.29 is 9.53 Å². The van der Waals surface area contributed by atoms with E-state index in [0.29, 0.717) is 19.6 Å². The number of fused-ring (bicyclic) bond motifs is 1. The lowest BCUT2D eigenvalue weighted by atomic mass is 10.1. The molecule has 3 rings (SSSR count). The first kappa shape index (κ1) is 24.5. The molecule has 2 aromatic heterocycles. The molecule has 1 unspecified atom stereocenters. The van der Waals surface area contributed by atoms with Crippen LogP contribution in [0.2, 0.25) is 0 Å². The Morgan fingerprint density at radius 2 is 1.88 bits per heavy atom. The number of carbonyl (C=O) groups is 1.